The lowest BCUT2D eigenvalue weighted by molar-refractivity contribution is 0.288. The van der Waals surface area contributed by atoms with E-state index in [1.165, 1.54) is 36.0 Å². The minimum atomic E-state index is -0.302. The van der Waals surface area contributed by atoms with E-state index in [1.807, 2.05) is 11.5 Å². The van der Waals surface area contributed by atoms with Crippen LogP contribution in [-0.2, 0) is 18.9 Å². The zero-order chi connectivity index (χ0) is 17.6. The molecule has 0 spiro atoms. The van der Waals surface area contributed by atoms with Crippen molar-refractivity contribution in [3.05, 3.63) is 71.6 Å². The Balaban J connectivity index is 1.63. The van der Waals surface area contributed by atoms with Gasteiger partial charge in [-0.05, 0) is 48.9 Å². The fourth-order valence-corrected chi connectivity index (χ4v) is 3.23. The van der Waals surface area contributed by atoms with E-state index in [-0.39, 0.29) is 18.2 Å². The first-order valence-corrected chi connectivity index (χ1v) is 8.82. The third-order valence-corrected chi connectivity index (χ3v) is 4.61. The molecule has 0 aliphatic carbocycles. The number of aromatic nitrogens is 3. The van der Waals surface area contributed by atoms with Gasteiger partial charge in [-0.1, -0.05) is 23.9 Å². The predicted molar refractivity (Wildman–Crippen MR) is 92.4 cm³/mol. The van der Waals surface area contributed by atoms with E-state index in [1.54, 1.807) is 24.3 Å². The van der Waals surface area contributed by atoms with E-state index >= 15 is 0 Å². The van der Waals surface area contributed by atoms with Crippen LogP contribution in [0.3, 0.4) is 0 Å². The fourth-order valence-electron chi connectivity index (χ4n) is 2.26. The van der Waals surface area contributed by atoms with Crippen molar-refractivity contribution in [1.82, 2.24) is 14.8 Å². The molecule has 0 aliphatic heterocycles. The molecule has 3 rings (SSSR count). The van der Waals surface area contributed by atoms with Gasteiger partial charge in [0.1, 0.15) is 24.0 Å². The number of hydrogen-bond donors (Lipinski definition) is 0. The lowest BCUT2D eigenvalue weighted by Crippen LogP contribution is -2.07. The summed E-state index contributed by atoms with van der Waals surface area (Å²) < 4.78 is 33.5. The van der Waals surface area contributed by atoms with E-state index in [0.717, 1.165) is 10.7 Å². The molecule has 4 nitrogen and oxygen atoms in total. The second-order valence-electron chi connectivity index (χ2n) is 5.30. The molecular weight excluding hydrogens is 344 g/mol. The normalized spacial score (nSPS) is 10.8. The van der Waals surface area contributed by atoms with Crippen molar-refractivity contribution in [2.24, 2.45) is 0 Å². The molecule has 0 bridgehead atoms. The zero-order valence-electron chi connectivity index (χ0n) is 13.7. The third-order valence-electron chi connectivity index (χ3n) is 3.57. The second kappa shape index (κ2) is 8.11. The lowest BCUT2D eigenvalue weighted by atomic mass is 10.2. The van der Waals surface area contributed by atoms with Gasteiger partial charge in [-0.25, -0.2) is 8.78 Å². The molecule has 0 aliphatic rings. The number of hydrogen-bond acceptors (Lipinski definition) is 4. The molecule has 1 heterocycles. The summed E-state index contributed by atoms with van der Waals surface area (Å²) in [5.74, 6) is 1.41. The van der Waals surface area contributed by atoms with Crippen molar-refractivity contribution in [1.29, 1.82) is 0 Å². The molecule has 0 N–H and O–H groups in total. The van der Waals surface area contributed by atoms with Crippen LogP contribution >= 0.6 is 11.8 Å². The standard InChI is InChI=1S/C18H17F2N3OS/c1-2-23-17(11-24-16-9-7-15(20)8-10-16)21-22-18(23)25-12-13-3-5-14(19)6-4-13/h3-10H,2,11-12H2,1H3. The molecular formula is C18H17F2N3OS. The first kappa shape index (κ1) is 17.4. The quantitative estimate of drug-likeness (QED) is 0.583. The Morgan fingerprint density at radius 2 is 1.60 bits per heavy atom. The van der Waals surface area contributed by atoms with Crippen molar-refractivity contribution in [2.75, 3.05) is 0 Å². The highest BCUT2D eigenvalue weighted by Crippen LogP contribution is 2.23. The summed E-state index contributed by atoms with van der Waals surface area (Å²) in [5, 5.41) is 9.17. The van der Waals surface area contributed by atoms with Crippen molar-refractivity contribution < 1.29 is 13.5 Å². The van der Waals surface area contributed by atoms with E-state index in [9.17, 15) is 8.78 Å². The maximum Gasteiger partial charge on any atom is 0.191 e. The summed E-state index contributed by atoms with van der Waals surface area (Å²) in [4.78, 5) is 0. The van der Waals surface area contributed by atoms with Crippen LogP contribution in [0.4, 0.5) is 8.78 Å². The Kier molecular flexibility index (Phi) is 5.65. The van der Waals surface area contributed by atoms with Crippen molar-refractivity contribution in [3.8, 4) is 5.75 Å². The summed E-state index contributed by atoms with van der Waals surface area (Å²) >= 11 is 1.54. The van der Waals surface area contributed by atoms with E-state index in [4.69, 9.17) is 4.74 Å². The summed E-state index contributed by atoms with van der Waals surface area (Å²) in [6, 6.07) is 12.3. The highest BCUT2D eigenvalue weighted by molar-refractivity contribution is 7.98. The zero-order valence-corrected chi connectivity index (χ0v) is 14.5. The maximum absolute atomic E-state index is 13.0. The molecule has 1 aromatic heterocycles. The van der Waals surface area contributed by atoms with Crippen LogP contribution in [0.15, 0.2) is 53.7 Å². The Morgan fingerprint density at radius 3 is 2.24 bits per heavy atom. The Bertz CT molecular complexity index is 752. The Labute approximate surface area is 148 Å². The van der Waals surface area contributed by atoms with E-state index in [0.29, 0.717) is 23.9 Å². The molecule has 3 aromatic rings. The molecule has 0 saturated carbocycles. The van der Waals surface area contributed by atoms with Crippen LogP contribution in [0, 0.1) is 11.6 Å². The van der Waals surface area contributed by atoms with Crippen molar-refractivity contribution in [3.63, 3.8) is 0 Å². The summed E-state index contributed by atoms with van der Waals surface area (Å²) in [6.45, 7) is 2.97. The van der Waals surface area contributed by atoms with E-state index in [2.05, 4.69) is 10.2 Å². The Morgan fingerprint density at radius 1 is 0.960 bits per heavy atom. The van der Waals surface area contributed by atoms with Crippen molar-refractivity contribution >= 4 is 11.8 Å². The first-order valence-electron chi connectivity index (χ1n) is 7.83. The number of nitrogens with zero attached hydrogens (tertiary/aromatic N) is 3. The smallest absolute Gasteiger partial charge is 0.191 e. The van der Waals surface area contributed by atoms with Gasteiger partial charge < -0.3 is 9.30 Å². The van der Waals surface area contributed by atoms with Gasteiger partial charge in [0, 0.05) is 12.3 Å². The van der Waals surface area contributed by atoms with E-state index < -0.39 is 0 Å². The van der Waals surface area contributed by atoms with Crippen LogP contribution in [-0.4, -0.2) is 14.8 Å². The molecule has 0 atom stereocenters. The summed E-state index contributed by atoms with van der Waals surface area (Å²) in [5.41, 5.74) is 1.01. The molecule has 0 fully saturated rings. The monoisotopic (exact) mass is 361 g/mol. The SMILES string of the molecule is CCn1c(COc2ccc(F)cc2)nnc1SCc1ccc(F)cc1. The van der Waals surface area contributed by atoms with Gasteiger partial charge in [-0.15, -0.1) is 10.2 Å². The van der Waals surface area contributed by atoms with Gasteiger partial charge >= 0.3 is 0 Å². The topological polar surface area (TPSA) is 39.9 Å². The average molecular weight is 361 g/mol. The average Bonchev–Trinajstić information content (AvgIpc) is 3.02. The molecule has 0 amide bonds. The third kappa shape index (κ3) is 4.57. The van der Waals surface area contributed by atoms with Crippen LogP contribution in [0.5, 0.6) is 5.75 Å². The second-order valence-corrected chi connectivity index (χ2v) is 6.24. The number of benzene rings is 2. The van der Waals surface area contributed by atoms with Gasteiger partial charge in [0.05, 0.1) is 0 Å². The summed E-state index contributed by atoms with van der Waals surface area (Å²) in [6.07, 6.45) is 0. The Hall–Kier alpha value is -2.41. The van der Waals surface area contributed by atoms with Crippen LogP contribution in [0.2, 0.25) is 0 Å². The van der Waals surface area contributed by atoms with Gasteiger partial charge in [-0.2, -0.15) is 0 Å². The first-order chi connectivity index (χ1) is 12.2. The van der Waals surface area contributed by atoms with Gasteiger partial charge in [0.25, 0.3) is 0 Å². The number of rotatable bonds is 7. The molecule has 2 aromatic carbocycles. The van der Waals surface area contributed by atoms with Crippen LogP contribution in [0.25, 0.3) is 0 Å². The van der Waals surface area contributed by atoms with Gasteiger partial charge in [-0.3, -0.25) is 0 Å². The van der Waals surface area contributed by atoms with Gasteiger partial charge in [0.15, 0.2) is 11.0 Å². The molecule has 130 valence electrons. The number of halogens is 2. The minimum absolute atomic E-state index is 0.245. The van der Waals surface area contributed by atoms with Crippen LogP contribution in [0.1, 0.15) is 18.3 Å². The molecule has 0 unspecified atom stereocenters. The molecule has 7 heteroatoms. The van der Waals surface area contributed by atoms with Crippen molar-refractivity contribution in [2.45, 2.75) is 31.0 Å². The van der Waals surface area contributed by atoms with Crippen LogP contribution < -0.4 is 4.74 Å². The highest BCUT2D eigenvalue weighted by Gasteiger charge is 2.12. The molecule has 0 saturated heterocycles. The summed E-state index contributed by atoms with van der Waals surface area (Å²) in [7, 11) is 0. The highest BCUT2D eigenvalue weighted by atomic mass is 32.2. The largest absolute Gasteiger partial charge is 0.486 e. The minimum Gasteiger partial charge on any atom is -0.486 e. The molecule has 25 heavy (non-hydrogen) atoms. The number of ether oxygens (including phenoxy) is 1. The predicted octanol–water partition coefficient (Wildman–Crippen LogP) is 4.45. The fraction of sp³-hybridized carbons (Fsp3) is 0.222. The number of thioether (sulfide) groups is 1. The molecule has 0 radical (unpaired) electrons. The lowest BCUT2D eigenvalue weighted by Gasteiger charge is -2.09. The maximum atomic E-state index is 13.0. The van der Waals surface area contributed by atoms with Gasteiger partial charge in [0.2, 0.25) is 0 Å².